The van der Waals surface area contributed by atoms with E-state index in [0.29, 0.717) is 11.8 Å². The predicted molar refractivity (Wildman–Crippen MR) is 165 cm³/mol. The van der Waals surface area contributed by atoms with Crippen molar-refractivity contribution in [3.8, 4) is 0 Å². The molecule has 42 heavy (non-hydrogen) atoms. The summed E-state index contributed by atoms with van der Waals surface area (Å²) in [5.41, 5.74) is 0.726. The van der Waals surface area contributed by atoms with Crippen LogP contribution in [-0.4, -0.2) is 48.2 Å². The fourth-order valence-electron chi connectivity index (χ4n) is 4.19. The van der Waals surface area contributed by atoms with E-state index in [9.17, 15) is 26.2 Å². The van der Waals surface area contributed by atoms with Crippen LogP contribution in [0.5, 0.6) is 0 Å². The van der Waals surface area contributed by atoms with Gasteiger partial charge >= 0.3 is 5.97 Å². The quantitative estimate of drug-likeness (QED) is 0.110. The number of hydrogen-bond donors (Lipinski definition) is 4. The third-order valence-corrected chi connectivity index (χ3v) is 8.30. The van der Waals surface area contributed by atoms with Crippen LogP contribution >= 0.6 is 0 Å². The number of aliphatic carboxylic acids is 1. The molecular formula is C31H44O9S2. The summed E-state index contributed by atoms with van der Waals surface area (Å²) in [6, 6.07) is 18.5. The van der Waals surface area contributed by atoms with Crippen molar-refractivity contribution in [2.24, 2.45) is 0 Å². The number of carboxylic acids is 1. The molecule has 0 amide bonds. The monoisotopic (exact) mass is 624 g/mol. The van der Waals surface area contributed by atoms with Gasteiger partial charge in [0.25, 0.3) is 20.2 Å². The van der Waals surface area contributed by atoms with E-state index < -0.39 is 32.3 Å². The van der Waals surface area contributed by atoms with Gasteiger partial charge in [0.2, 0.25) is 0 Å². The highest BCUT2D eigenvalue weighted by Gasteiger charge is 2.14. The van der Waals surface area contributed by atoms with Crippen molar-refractivity contribution in [1.82, 2.24) is 0 Å². The minimum absolute atomic E-state index is 0.0457. The summed E-state index contributed by atoms with van der Waals surface area (Å²) in [7, 11) is -8.23. The zero-order chi connectivity index (χ0) is 31.6. The molecule has 4 N–H and O–H groups in total. The van der Waals surface area contributed by atoms with Crippen molar-refractivity contribution in [3.05, 3.63) is 72.3 Å². The number of fused-ring (bicyclic) bond motifs is 1. The number of aliphatic hydroxyl groups is 1. The molecule has 0 heterocycles. The molecule has 234 valence electrons. The fourth-order valence-corrected chi connectivity index (χ4v) is 5.65. The smallest absolute Gasteiger partial charge is 0.332 e. The molecule has 0 aliphatic carbocycles. The maximum Gasteiger partial charge on any atom is 0.332 e. The topological polar surface area (TPSA) is 166 Å². The van der Waals surface area contributed by atoms with Gasteiger partial charge in [-0.1, -0.05) is 119 Å². The zero-order valence-corrected chi connectivity index (χ0v) is 26.0. The Labute approximate surface area is 250 Å². The number of unbranched alkanes of at least 4 members (excludes halogenated alkanes) is 9. The standard InChI is InChI=1S/C18H30O3S.C10H8O3S.C3H6O3/c1-2-3-4-5-6-7-8-9-10-11-14-17-15-12-13-16-18(17)22(19,20)21;11-14(12,13)10-7-3-5-8-4-1-2-6-9(8)10;1-2(4)3(5)6/h12-13,15-16H,2-11,14H2,1H3,(H,19,20,21);1-7H,(H,11,12,13);2,4H,1H3,(H,5,6). The molecule has 0 aliphatic rings. The molecule has 0 fully saturated rings. The highest BCUT2D eigenvalue weighted by molar-refractivity contribution is 7.86. The van der Waals surface area contributed by atoms with Crippen LogP contribution < -0.4 is 0 Å². The van der Waals surface area contributed by atoms with Crippen molar-refractivity contribution in [1.29, 1.82) is 0 Å². The molecule has 3 rings (SSSR count). The Morgan fingerprint density at radius 1 is 0.667 bits per heavy atom. The first-order valence-electron chi connectivity index (χ1n) is 14.2. The van der Waals surface area contributed by atoms with Gasteiger partial charge in [0.15, 0.2) is 0 Å². The molecule has 9 nitrogen and oxygen atoms in total. The van der Waals surface area contributed by atoms with E-state index in [2.05, 4.69) is 6.92 Å². The molecule has 0 radical (unpaired) electrons. The van der Waals surface area contributed by atoms with Crippen LogP contribution in [-0.2, 0) is 31.5 Å². The van der Waals surface area contributed by atoms with Crippen LogP contribution in [0.1, 0.15) is 83.6 Å². The van der Waals surface area contributed by atoms with Gasteiger partial charge < -0.3 is 10.2 Å². The first-order chi connectivity index (χ1) is 19.8. The number of carbonyl (C=O) groups is 1. The van der Waals surface area contributed by atoms with E-state index in [1.807, 2.05) is 12.1 Å². The predicted octanol–water partition coefficient (Wildman–Crippen LogP) is 6.94. The van der Waals surface area contributed by atoms with E-state index >= 15 is 0 Å². The Morgan fingerprint density at radius 2 is 1.10 bits per heavy atom. The lowest BCUT2D eigenvalue weighted by molar-refractivity contribution is -0.145. The van der Waals surface area contributed by atoms with Gasteiger partial charge in [-0.3, -0.25) is 9.11 Å². The fraction of sp³-hybridized carbons (Fsp3) is 0.452. The van der Waals surface area contributed by atoms with Gasteiger partial charge in [-0.05, 0) is 42.8 Å². The first-order valence-corrected chi connectivity index (χ1v) is 17.1. The van der Waals surface area contributed by atoms with Crippen LogP contribution in [0.3, 0.4) is 0 Å². The van der Waals surface area contributed by atoms with E-state index in [0.717, 1.165) is 23.8 Å². The maximum atomic E-state index is 11.3. The average molecular weight is 625 g/mol. The Hall–Kier alpha value is -2.83. The largest absolute Gasteiger partial charge is 0.479 e. The van der Waals surface area contributed by atoms with Gasteiger partial charge in [-0.25, -0.2) is 4.79 Å². The average Bonchev–Trinajstić information content (AvgIpc) is 2.93. The maximum absolute atomic E-state index is 11.3. The molecule has 0 aliphatic heterocycles. The van der Waals surface area contributed by atoms with Crippen LogP contribution in [0.4, 0.5) is 0 Å². The minimum Gasteiger partial charge on any atom is -0.479 e. The lowest BCUT2D eigenvalue weighted by Crippen LogP contribution is -2.13. The molecule has 0 aromatic heterocycles. The second-order valence-corrected chi connectivity index (χ2v) is 12.8. The highest BCUT2D eigenvalue weighted by atomic mass is 32.2. The van der Waals surface area contributed by atoms with Crippen LogP contribution in [0.2, 0.25) is 0 Å². The molecule has 3 aromatic carbocycles. The van der Waals surface area contributed by atoms with Gasteiger partial charge in [-0.2, -0.15) is 16.8 Å². The second kappa shape index (κ2) is 19.4. The molecule has 3 aromatic rings. The number of aliphatic hydroxyl groups excluding tert-OH is 1. The van der Waals surface area contributed by atoms with E-state index in [1.54, 1.807) is 42.5 Å². The van der Waals surface area contributed by atoms with Crippen molar-refractivity contribution >= 4 is 37.0 Å². The van der Waals surface area contributed by atoms with E-state index in [-0.39, 0.29) is 9.79 Å². The van der Waals surface area contributed by atoms with Crippen molar-refractivity contribution in [2.45, 2.75) is 100 Å². The SMILES string of the molecule is CC(O)C(=O)O.CCCCCCCCCCCCc1ccccc1S(=O)(=O)O.O=S(=O)(O)c1cccc2ccccc12. The summed E-state index contributed by atoms with van der Waals surface area (Å²) >= 11 is 0. The third kappa shape index (κ3) is 14.9. The lowest BCUT2D eigenvalue weighted by atomic mass is 10.0. The summed E-state index contributed by atoms with van der Waals surface area (Å²) in [5.74, 6) is -1.19. The molecule has 1 unspecified atom stereocenters. The number of hydrogen-bond acceptors (Lipinski definition) is 6. The Morgan fingerprint density at radius 3 is 1.62 bits per heavy atom. The molecule has 0 saturated heterocycles. The van der Waals surface area contributed by atoms with Crippen LogP contribution in [0, 0.1) is 0 Å². The Balaban J connectivity index is 0.000000373. The number of carboxylic acid groups (broad SMARTS) is 1. The van der Waals surface area contributed by atoms with Gasteiger partial charge in [-0.15, -0.1) is 0 Å². The van der Waals surface area contributed by atoms with Crippen LogP contribution in [0.25, 0.3) is 10.8 Å². The highest BCUT2D eigenvalue weighted by Crippen LogP contribution is 2.22. The molecule has 11 heteroatoms. The minimum atomic E-state index is -4.13. The summed E-state index contributed by atoms with van der Waals surface area (Å²) in [6.07, 6.45) is 12.1. The Bertz CT molecular complexity index is 1430. The third-order valence-electron chi connectivity index (χ3n) is 6.44. The van der Waals surface area contributed by atoms with Crippen molar-refractivity contribution in [3.63, 3.8) is 0 Å². The zero-order valence-electron chi connectivity index (χ0n) is 24.4. The number of benzene rings is 3. The van der Waals surface area contributed by atoms with Gasteiger partial charge in [0.05, 0.1) is 4.90 Å². The summed E-state index contributed by atoms with van der Waals surface area (Å²) in [4.78, 5) is 9.46. The Kier molecular flexibility index (Phi) is 17.2. The van der Waals surface area contributed by atoms with Crippen LogP contribution in [0.15, 0.2) is 76.5 Å². The first kappa shape index (κ1) is 37.2. The normalized spacial score (nSPS) is 12.0. The molecule has 0 saturated carbocycles. The summed E-state index contributed by atoms with van der Waals surface area (Å²) in [6.45, 7) is 3.43. The number of rotatable bonds is 14. The lowest BCUT2D eigenvalue weighted by Gasteiger charge is -2.07. The molecule has 0 bridgehead atoms. The summed E-state index contributed by atoms with van der Waals surface area (Å²) in [5, 5.41) is 17.1. The molecule has 1 atom stereocenters. The van der Waals surface area contributed by atoms with Crippen molar-refractivity contribution < 1.29 is 40.9 Å². The second-order valence-electron chi connectivity index (χ2n) is 9.98. The van der Waals surface area contributed by atoms with E-state index in [4.69, 9.17) is 14.8 Å². The van der Waals surface area contributed by atoms with E-state index in [1.165, 1.54) is 70.4 Å². The molecule has 0 spiro atoms. The summed E-state index contributed by atoms with van der Waals surface area (Å²) < 4.78 is 62.8. The van der Waals surface area contributed by atoms with Gasteiger partial charge in [0, 0.05) is 5.39 Å². The van der Waals surface area contributed by atoms with Crippen molar-refractivity contribution in [2.75, 3.05) is 0 Å². The number of aryl methyl sites for hydroxylation is 1. The molecular weight excluding hydrogens is 580 g/mol. The van der Waals surface area contributed by atoms with Gasteiger partial charge in [0.1, 0.15) is 11.0 Å².